The second kappa shape index (κ2) is 7.95. The molecule has 2 rings (SSSR count). The molecule has 0 aliphatic heterocycles. The highest BCUT2D eigenvalue weighted by atomic mass is 35.5. The first-order chi connectivity index (χ1) is 10.5. The van der Waals surface area contributed by atoms with E-state index in [2.05, 4.69) is 4.98 Å². The summed E-state index contributed by atoms with van der Waals surface area (Å²) in [6.45, 7) is 0.753. The monoisotopic (exact) mass is 402 g/mol. The topological polar surface area (TPSA) is 36.3 Å². The molecule has 1 heterocycles. The van der Waals surface area contributed by atoms with E-state index in [-0.39, 0.29) is 43.6 Å². The van der Waals surface area contributed by atoms with Gasteiger partial charge in [-0.05, 0) is 0 Å². The average Bonchev–Trinajstić information content (AvgIpc) is 3.02. The summed E-state index contributed by atoms with van der Waals surface area (Å²) in [6.07, 6.45) is 4.94. The number of aromatic nitrogens is 2. The molecule has 0 saturated carbocycles. The van der Waals surface area contributed by atoms with Gasteiger partial charge >= 0.3 is 0 Å². The third-order valence-electron chi connectivity index (χ3n) is 2.89. The largest absolute Gasteiger partial charge is 0.488 e. The van der Waals surface area contributed by atoms with Crippen LogP contribution < -0.4 is 4.74 Å². The Balaban J connectivity index is 2.13. The van der Waals surface area contributed by atoms with Crippen LogP contribution in [-0.2, 0) is 11.3 Å². The van der Waals surface area contributed by atoms with E-state index in [0.717, 1.165) is 0 Å². The third-order valence-corrected chi connectivity index (χ3v) is 5.13. The molecule has 0 bridgehead atoms. The number of halogens is 5. The summed E-state index contributed by atoms with van der Waals surface area (Å²) in [5, 5.41) is 0.497. The summed E-state index contributed by atoms with van der Waals surface area (Å²) < 4.78 is 12.9. The fourth-order valence-electron chi connectivity index (χ4n) is 1.71. The molecular formula is C13H11Cl5N2O2. The van der Waals surface area contributed by atoms with Crippen molar-refractivity contribution in [3.8, 4) is 5.75 Å². The van der Waals surface area contributed by atoms with Crippen molar-refractivity contribution in [2.45, 2.75) is 12.6 Å². The molecule has 0 amide bonds. The first-order valence-electron chi connectivity index (χ1n) is 6.08. The van der Waals surface area contributed by atoms with E-state index in [1.54, 1.807) is 19.6 Å². The Morgan fingerprint density at radius 1 is 1.05 bits per heavy atom. The van der Waals surface area contributed by atoms with Gasteiger partial charge in [0.1, 0.15) is 22.8 Å². The van der Waals surface area contributed by atoms with Crippen molar-refractivity contribution in [1.82, 2.24) is 9.55 Å². The Labute approximate surface area is 152 Å². The molecule has 22 heavy (non-hydrogen) atoms. The summed E-state index contributed by atoms with van der Waals surface area (Å²) in [5.41, 5.74) is 0. The minimum absolute atomic E-state index is 0.0902. The van der Waals surface area contributed by atoms with Crippen LogP contribution in [0.5, 0.6) is 5.75 Å². The van der Waals surface area contributed by atoms with Gasteiger partial charge in [0.05, 0.1) is 27.9 Å². The number of benzene rings is 1. The van der Waals surface area contributed by atoms with Gasteiger partial charge in [-0.3, -0.25) is 0 Å². The van der Waals surface area contributed by atoms with Gasteiger partial charge in [-0.15, -0.1) is 0 Å². The molecule has 0 aliphatic carbocycles. The van der Waals surface area contributed by atoms with Crippen LogP contribution in [0, 0.1) is 0 Å². The first kappa shape index (κ1) is 18.0. The SMILES string of the molecule is COC(COc1c(Cl)c(Cl)c(Cl)c(Cl)c1Cl)Cn1ccnc1. The fourth-order valence-corrected chi connectivity index (χ4v) is 2.94. The maximum absolute atomic E-state index is 6.10. The Morgan fingerprint density at radius 2 is 1.64 bits per heavy atom. The molecule has 1 unspecified atom stereocenters. The molecule has 1 aromatic carbocycles. The third kappa shape index (κ3) is 3.94. The molecule has 2 aromatic rings. The number of nitrogens with zero attached hydrogens (tertiary/aromatic N) is 2. The van der Waals surface area contributed by atoms with Crippen LogP contribution >= 0.6 is 58.0 Å². The molecule has 0 N–H and O–H groups in total. The number of ether oxygens (including phenoxy) is 2. The van der Waals surface area contributed by atoms with Crippen molar-refractivity contribution < 1.29 is 9.47 Å². The van der Waals surface area contributed by atoms with Crippen molar-refractivity contribution in [2.75, 3.05) is 13.7 Å². The molecule has 9 heteroatoms. The Kier molecular flexibility index (Phi) is 6.50. The highest BCUT2D eigenvalue weighted by Crippen LogP contribution is 2.48. The van der Waals surface area contributed by atoms with E-state index < -0.39 is 0 Å². The summed E-state index contributed by atoms with van der Waals surface area (Å²) in [6, 6.07) is 0. The number of methoxy groups -OCH3 is 1. The average molecular weight is 405 g/mol. The van der Waals surface area contributed by atoms with Crippen LogP contribution in [0.25, 0.3) is 0 Å². The normalized spacial score (nSPS) is 12.5. The zero-order chi connectivity index (χ0) is 16.3. The second-order valence-electron chi connectivity index (χ2n) is 4.33. The lowest BCUT2D eigenvalue weighted by molar-refractivity contribution is 0.0459. The first-order valence-corrected chi connectivity index (χ1v) is 7.97. The summed E-state index contributed by atoms with van der Waals surface area (Å²) in [5.74, 6) is 0.176. The zero-order valence-corrected chi connectivity index (χ0v) is 15.1. The number of rotatable bonds is 6. The molecular weight excluding hydrogens is 393 g/mol. The lowest BCUT2D eigenvalue weighted by Crippen LogP contribution is -2.25. The summed E-state index contributed by atoms with van der Waals surface area (Å²) in [7, 11) is 1.58. The van der Waals surface area contributed by atoms with Crippen LogP contribution in [-0.4, -0.2) is 29.4 Å². The standard InChI is InChI=1S/C13H11Cl5N2O2/c1-21-7(4-20-3-2-19-6-20)5-22-13-11(17)9(15)8(14)10(16)12(13)18/h2-3,6-7H,4-5H2,1H3. The van der Waals surface area contributed by atoms with Crippen molar-refractivity contribution in [3.05, 3.63) is 43.8 Å². The summed E-state index contributed by atoms with van der Waals surface area (Å²) in [4.78, 5) is 3.96. The van der Waals surface area contributed by atoms with Crippen LogP contribution in [0.3, 0.4) is 0 Å². The molecule has 1 atom stereocenters. The van der Waals surface area contributed by atoms with Crippen LogP contribution in [0.4, 0.5) is 0 Å². The molecule has 120 valence electrons. The van der Waals surface area contributed by atoms with Crippen LogP contribution in [0.1, 0.15) is 0 Å². The summed E-state index contributed by atoms with van der Waals surface area (Å²) >= 11 is 30.1. The number of hydrogen-bond acceptors (Lipinski definition) is 3. The van der Waals surface area contributed by atoms with Gasteiger partial charge in [0.15, 0.2) is 5.75 Å². The van der Waals surface area contributed by atoms with E-state index in [1.807, 2.05) is 10.8 Å². The van der Waals surface area contributed by atoms with Crippen molar-refractivity contribution in [3.63, 3.8) is 0 Å². The zero-order valence-electron chi connectivity index (χ0n) is 11.3. The van der Waals surface area contributed by atoms with E-state index in [0.29, 0.717) is 6.54 Å². The number of hydrogen-bond donors (Lipinski definition) is 0. The predicted octanol–water partition coefficient (Wildman–Crippen LogP) is 5.24. The Hall–Kier alpha value is -0.360. The quantitative estimate of drug-likeness (QED) is 0.488. The van der Waals surface area contributed by atoms with E-state index in [1.165, 1.54) is 0 Å². The Bertz CT molecular complexity index is 619. The minimum atomic E-state index is -0.241. The van der Waals surface area contributed by atoms with E-state index in [9.17, 15) is 0 Å². The lowest BCUT2D eigenvalue weighted by Gasteiger charge is -2.19. The lowest BCUT2D eigenvalue weighted by atomic mass is 10.3. The molecule has 0 fully saturated rings. The van der Waals surface area contributed by atoms with Crippen molar-refractivity contribution in [2.24, 2.45) is 0 Å². The molecule has 1 aromatic heterocycles. The molecule has 0 radical (unpaired) electrons. The highest BCUT2D eigenvalue weighted by molar-refractivity contribution is 6.55. The van der Waals surface area contributed by atoms with Gasteiger partial charge in [-0.1, -0.05) is 58.0 Å². The van der Waals surface area contributed by atoms with Gasteiger partial charge in [-0.25, -0.2) is 4.98 Å². The van der Waals surface area contributed by atoms with Crippen LogP contribution in [0.15, 0.2) is 18.7 Å². The highest BCUT2D eigenvalue weighted by Gasteiger charge is 2.21. The molecule has 0 spiro atoms. The van der Waals surface area contributed by atoms with Crippen LogP contribution in [0.2, 0.25) is 25.1 Å². The minimum Gasteiger partial charge on any atom is -0.488 e. The maximum atomic E-state index is 6.10. The molecule has 4 nitrogen and oxygen atoms in total. The second-order valence-corrected chi connectivity index (χ2v) is 6.22. The van der Waals surface area contributed by atoms with Crippen molar-refractivity contribution in [1.29, 1.82) is 0 Å². The van der Waals surface area contributed by atoms with Gasteiger partial charge in [-0.2, -0.15) is 0 Å². The van der Waals surface area contributed by atoms with Gasteiger partial charge in [0, 0.05) is 19.5 Å². The van der Waals surface area contributed by atoms with Gasteiger partial charge in [0.25, 0.3) is 0 Å². The van der Waals surface area contributed by atoms with Gasteiger partial charge < -0.3 is 14.0 Å². The van der Waals surface area contributed by atoms with E-state index in [4.69, 9.17) is 67.5 Å². The van der Waals surface area contributed by atoms with E-state index >= 15 is 0 Å². The number of imidazole rings is 1. The predicted molar refractivity (Wildman–Crippen MR) is 90.0 cm³/mol. The fraction of sp³-hybridized carbons (Fsp3) is 0.308. The maximum Gasteiger partial charge on any atom is 0.159 e. The molecule has 0 aliphatic rings. The van der Waals surface area contributed by atoms with Gasteiger partial charge in [0.2, 0.25) is 0 Å². The smallest absolute Gasteiger partial charge is 0.159 e. The molecule has 0 saturated heterocycles. The van der Waals surface area contributed by atoms with Crippen molar-refractivity contribution >= 4 is 58.0 Å². The Morgan fingerprint density at radius 3 is 2.14 bits per heavy atom.